The van der Waals surface area contributed by atoms with Gasteiger partial charge >= 0.3 is 0 Å². The van der Waals surface area contributed by atoms with E-state index < -0.39 is 0 Å². The zero-order chi connectivity index (χ0) is 12.8. The molecule has 0 saturated carbocycles. The summed E-state index contributed by atoms with van der Waals surface area (Å²) in [4.78, 5) is 7.14. The number of thiazole rings is 1. The van der Waals surface area contributed by atoms with Gasteiger partial charge < -0.3 is 0 Å². The van der Waals surface area contributed by atoms with E-state index in [1.807, 2.05) is 0 Å². The van der Waals surface area contributed by atoms with Gasteiger partial charge in [0.1, 0.15) is 5.01 Å². The van der Waals surface area contributed by atoms with Crippen molar-refractivity contribution >= 4 is 22.9 Å². The Hall–Kier alpha value is -0.120. The van der Waals surface area contributed by atoms with Gasteiger partial charge in [-0.15, -0.1) is 22.9 Å². The molecule has 17 heavy (non-hydrogen) atoms. The lowest BCUT2D eigenvalue weighted by Gasteiger charge is -2.30. The number of rotatable bonds is 7. The molecule has 1 unspecified atom stereocenters. The molecule has 0 aliphatic carbocycles. The van der Waals surface area contributed by atoms with Crippen molar-refractivity contribution in [1.82, 2.24) is 9.88 Å². The molecule has 0 aliphatic rings. The smallest absolute Gasteiger partial charge is 0.110 e. The van der Waals surface area contributed by atoms with Gasteiger partial charge in [0, 0.05) is 11.9 Å². The highest BCUT2D eigenvalue weighted by molar-refractivity contribution is 7.09. The fourth-order valence-electron chi connectivity index (χ4n) is 2.07. The van der Waals surface area contributed by atoms with Crippen molar-refractivity contribution in [1.29, 1.82) is 0 Å². The van der Waals surface area contributed by atoms with Crippen LogP contribution in [0.2, 0.25) is 0 Å². The Balaban J connectivity index is 2.80. The summed E-state index contributed by atoms with van der Waals surface area (Å²) in [6, 6.07) is 0.448. The summed E-state index contributed by atoms with van der Waals surface area (Å²) in [5, 5.41) is 3.29. The third-order valence-corrected chi connectivity index (χ3v) is 4.09. The predicted molar refractivity (Wildman–Crippen MR) is 76.8 cm³/mol. The largest absolute Gasteiger partial charge is 0.294 e. The lowest BCUT2D eigenvalue weighted by atomic mass is 10.1. The van der Waals surface area contributed by atoms with Crippen LogP contribution in [0.5, 0.6) is 0 Å². The maximum atomic E-state index is 5.82. The molecular weight excluding hydrogens is 252 g/mol. The van der Waals surface area contributed by atoms with E-state index >= 15 is 0 Å². The Kier molecular flexibility index (Phi) is 6.45. The summed E-state index contributed by atoms with van der Waals surface area (Å²) in [6.07, 6.45) is 1.11. The molecule has 0 spiro atoms. The van der Waals surface area contributed by atoms with Crippen molar-refractivity contribution in [2.24, 2.45) is 5.92 Å². The first-order valence-corrected chi connectivity index (χ1v) is 7.78. The molecular formula is C13H23ClN2S. The number of nitrogens with zero attached hydrogens (tertiary/aromatic N) is 2. The average molecular weight is 275 g/mol. The number of aromatic nitrogens is 1. The number of alkyl halides is 1. The summed E-state index contributed by atoms with van der Waals surface area (Å²) in [6.45, 7) is 11.2. The van der Waals surface area contributed by atoms with Crippen LogP contribution in [0, 0.1) is 5.92 Å². The van der Waals surface area contributed by atoms with Gasteiger partial charge in [0.25, 0.3) is 0 Å². The first-order valence-electron chi connectivity index (χ1n) is 6.36. The second-order valence-corrected chi connectivity index (χ2v) is 5.87. The highest BCUT2D eigenvalue weighted by Crippen LogP contribution is 2.28. The second kappa shape index (κ2) is 7.34. The van der Waals surface area contributed by atoms with Crippen LogP contribution in [-0.2, 0) is 5.88 Å². The number of hydrogen-bond acceptors (Lipinski definition) is 3. The van der Waals surface area contributed by atoms with Crippen LogP contribution in [0.4, 0.5) is 0 Å². The van der Waals surface area contributed by atoms with Gasteiger partial charge in [-0.1, -0.05) is 27.7 Å². The number of halogens is 1. The van der Waals surface area contributed by atoms with E-state index in [2.05, 4.69) is 43.0 Å². The first kappa shape index (κ1) is 14.9. The third kappa shape index (κ3) is 4.23. The molecule has 1 heterocycles. The Labute approximate surface area is 114 Å². The molecule has 0 bridgehead atoms. The Morgan fingerprint density at radius 2 is 2.12 bits per heavy atom. The van der Waals surface area contributed by atoms with Crippen molar-refractivity contribution in [3.8, 4) is 0 Å². The third-order valence-electron chi connectivity index (χ3n) is 2.82. The van der Waals surface area contributed by atoms with Crippen molar-refractivity contribution in [3.63, 3.8) is 0 Å². The molecule has 1 atom stereocenters. The summed E-state index contributed by atoms with van der Waals surface area (Å²) < 4.78 is 0. The summed E-state index contributed by atoms with van der Waals surface area (Å²) >= 11 is 7.56. The monoisotopic (exact) mass is 274 g/mol. The quantitative estimate of drug-likeness (QED) is 0.689. The molecule has 0 amide bonds. The maximum Gasteiger partial charge on any atom is 0.110 e. The normalized spacial score (nSPS) is 13.6. The van der Waals surface area contributed by atoms with E-state index in [0.29, 0.717) is 17.8 Å². The molecule has 0 radical (unpaired) electrons. The fraction of sp³-hybridized carbons (Fsp3) is 0.769. The minimum atomic E-state index is 0.448. The molecule has 0 N–H and O–H groups in total. The molecule has 0 aliphatic heterocycles. The van der Waals surface area contributed by atoms with Gasteiger partial charge in [-0.25, -0.2) is 4.98 Å². The van der Waals surface area contributed by atoms with Crippen LogP contribution in [-0.4, -0.2) is 23.0 Å². The molecule has 1 aromatic heterocycles. The van der Waals surface area contributed by atoms with Gasteiger partial charge in [0.2, 0.25) is 0 Å². The van der Waals surface area contributed by atoms with Crippen molar-refractivity contribution < 1.29 is 0 Å². The minimum Gasteiger partial charge on any atom is -0.294 e. The van der Waals surface area contributed by atoms with Crippen LogP contribution < -0.4 is 0 Å². The van der Waals surface area contributed by atoms with E-state index in [1.165, 1.54) is 5.01 Å². The highest BCUT2D eigenvalue weighted by atomic mass is 35.5. The molecule has 0 saturated heterocycles. The molecule has 2 nitrogen and oxygen atoms in total. The molecule has 98 valence electrons. The van der Waals surface area contributed by atoms with Gasteiger partial charge in [-0.05, 0) is 18.9 Å². The van der Waals surface area contributed by atoms with Crippen molar-refractivity contribution in [3.05, 3.63) is 16.1 Å². The summed E-state index contributed by atoms with van der Waals surface area (Å²) in [5.41, 5.74) is 1.01. The van der Waals surface area contributed by atoms with Crippen LogP contribution in [0.1, 0.15) is 50.9 Å². The predicted octanol–water partition coefficient (Wildman–Crippen LogP) is 4.31. The average Bonchev–Trinajstić information content (AvgIpc) is 2.76. The standard InChI is InChI=1S/C13H23ClN2S/c1-5-12(16(6-2)8-10(3)4)13-15-11(7-14)9-17-13/h9-10,12H,5-8H2,1-4H3. The van der Waals surface area contributed by atoms with Crippen LogP contribution in [0.15, 0.2) is 5.38 Å². The zero-order valence-electron chi connectivity index (χ0n) is 11.2. The maximum absolute atomic E-state index is 5.82. The zero-order valence-corrected chi connectivity index (χ0v) is 12.8. The topological polar surface area (TPSA) is 16.1 Å². The lowest BCUT2D eigenvalue weighted by molar-refractivity contribution is 0.180. The Morgan fingerprint density at radius 1 is 1.41 bits per heavy atom. The number of hydrogen-bond donors (Lipinski definition) is 0. The molecule has 0 aromatic carbocycles. The van der Waals surface area contributed by atoms with Crippen LogP contribution in [0.25, 0.3) is 0 Å². The van der Waals surface area contributed by atoms with Crippen LogP contribution >= 0.6 is 22.9 Å². The minimum absolute atomic E-state index is 0.448. The van der Waals surface area contributed by atoms with E-state index in [9.17, 15) is 0 Å². The van der Waals surface area contributed by atoms with E-state index in [1.54, 1.807) is 11.3 Å². The molecule has 1 aromatic rings. The van der Waals surface area contributed by atoms with Crippen LogP contribution in [0.3, 0.4) is 0 Å². The first-order chi connectivity index (χ1) is 8.12. The summed E-state index contributed by atoms with van der Waals surface area (Å²) in [7, 11) is 0. The van der Waals surface area contributed by atoms with E-state index in [0.717, 1.165) is 25.2 Å². The second-order valence-electron chi connectivity index (χ2n) is 4.72. The van der Waals surface area contributed by atoms with E-state index in [4.69, 9.17) is 11.6 Å². The summed E-state index contributed by atoms with van der Waals surface area (Å²) in [5.74, 6) is 1.21. The molecule has 4 heteroatoms. The highest BCUT2D eigenvalue weighted by Gasteiger charge is 2.21. The van der Waals surface area contributed by atoms with Gasteiger partial charge in [0.15, 0.2) is 0 Å². The fourth-order valence-corrected chi connectivity index (χ4v) is 3.34. The molecule has 0 fully saturated rings. The molecule has 1 rings (SSSR count). The van der Waals surface area contributed by atoms with E-state index in [-0.39, 0.29) is 0 Å². The van der Waals surface area contributed by atoms with Crippen molar-refractivity contribution in [2.45, 2.75) is 46.0 Å². The lowest BCUT2D eigenvalue weighted by Crippen LogP contribution is -2.31. The van der Waals surface area contributed by atoms with Gasteiger partial charge in [0.05, 0.1) is 17.6 Å². The van der Waals surface area contributed by atoms with Gasteiger partial charge in [-0.2, -0.15) is 0 Å². The Bertz CT molecular complexity index is 325. The Morgan fingerprint density at radius 3 is 2.53 bits per heavy atom. The SMILES string of the molecule is CCC(c1nc(CCl)cs1)N(CC)CC(C)C. The van der Waals surface area contributed by atoms with Crippen molar-refractivity contribution in [2.75, 3.05) is 13.1 Å². The van der Waals surface area contributed by atoms with Gasteiger partial charge in [-0.3, -0.25) is 4.90 Å².